The van der Waals surface area contributed by atoms with Gasteiger partial charge in [-0.1, -0.05) is 27.7 Å². The smallest absolute Gasteiger partial charge is 0.276 e. The average molecular weight is 428 g/mol. The third kappa shape index (κ3) is 6.74. The van der Waals surface area contributed by atoms with Crippen LogP contribution in [0.1, 0.15) is 15.9 Å². The standard InChI is InChI=1S/C12H15BrN2O3S.BrH/c1-18-5-4-15-11(16)10-3-2-9(13)6-8(10)7-19-12(14)17;/h2-3,6H,4-5,7H2,1H3,(H2,14,17)(H,15,16);1H. The molecule has 8 heteroatoms. The van der Waals surface area contributed by atoms with Gasteiger partial charge in [0, 0.05) is 29.4 Å². The number of primary amides is 1. The number of thioether (sulfide) groups is 1. The van der Waals surface area contributed by atoms with Crippen LogP contribution in [0.5, 0.6) is 0 Å². The van der Waals surface area contributed by atoms with E-state index < -0.39 is 5.24 Å². The molecule has 2 amide bonds. The molecule has 0 fully saturated rings. The van der Waals surface area contributed by atoms with E-state index in [0.29, 0.717) is 24.5 Å². The Hall–Kier alpha value is -0.570. The van der Waals surface area contributed by atoms with Crippen LogP contribution in [-0.4, -0.2) is 31.4 Å². The minimum Gasteiger partial charge on any atom is -0.383 e. The molecule has 0 unspecified atom stereocenters. The molecule has 3 N–H and O–H groups in total. The van der Waals surface area contributed by atoms with Gasteiger partial charge in [0.25, 0.3) is 11.1 Å². The van der Waals surface area contributed by atoms with Crippen LogP contribution < -0.4 is 11.1 Å². The van der Waals surface area contributed by atoms with Gasteiger partial charge in [-0.25, -0.2) is 0 Å². The monoisotopic (exact) mass is 426 g/mol. The molecule has 5 nitrogen and oxygen atoms in total. The molecule has 0 saturated carbocycles. The molecule has 112 valence electrons. The first kappa shape index (κ1) is 19.4. The number of carbonyl (C=O) groups is 2. The Kier molecular flexibility index (Phi) is 9.91. The maximum Gasteiger partial charge on any atom is 0.276 e. The Morgan fingerprint density at radius 2 is 2.15 bits per heavy atom. The minimum atomic E-state index is -0.467. The van der Waals surface area contributed by atoms with Crippen molar-refractivity contribution in [1.82, 2.24) is 5.32 Å². The summed E-state index contributed by atoms with van der Waals surface area (Å²) in [5.74, 6) is 0.173. The van der Waals surface area contributed by atoms with Crippen LogP contribution in [0.4, 0.5) is 4.79 Å². The molecule has 0 aliphatic heterocycles. The van der Waals surface area contributed by atoms with Crippen molar-refractivity contribution in [3.05, 3.63) is 33.8 Å². The second-order valence-corrected chi connectivity index (χ2v) is 5.55. The van der Waals surface area contributed by atoms with Crippen molar-refractivity contribution in [2.24, 2.45) is 5.73 Å². The number of amides is 2. The number of carbonyl (C=O) groups excluding carboxylic acids is 2. The lowest BCUT2D eigenvalue weighted by Crippen LogP contribution is -2.27. The average Bonchev–Trinajstić information content (AvgIpc) is 2.36. The van der Waals surface area contributed by atoms with Gasteiger partial charge >= 0.3 is 0 Å². The normalized spacial score (nSPS) is 9.70. The summed E-state index contributed by atoms with van der Waals surface area (Å²) in [4.78, 5) is 22.8. The lowest BCUT2D eigenvalue weighted by molar-refractivity contribution is 0.0936. The summed E-state index contributed by atoms with van der Waals surface area (Å²) in [5, 5.41) is 2.28. The molecular formula is C12H16Br2N2O3S. The highest BCUT2D eigenvalue weighted by Crippen LogP contribution is 2.21. The van der Waals surface area contributed by atoms with Crippen LogP contribution in [0.3, 0.4) is 0 Å². The van der Waals surface area contributed by atoms with E-state index in [2.05, 4.69) is 21.2 Å². The predicted octanol–water partition coefficient (Wildman–Crippen LogP) is 2.72. The van der Waals surface area contributed by atoms with Crippen LogP contribution in [0, 0.1) is 0 Å². The third-order valence-electron chi connectivity index (χ3n) is 2.27. The summed E-state index contributed by atoms with van der Waals surface area (Å²) in [6.45, 7) is 0.890. The van der Waals surface area contributed by atoms with E-state index in [9.17, 15) is 9.59 Å². The van der Waals surface area contributed by atoms with E-state index in [0.717, 1.165) is 21.8 Å². The zero-order chi connectivity index (χ0) is 14.3. The summed E-state index contributed by atoms with van der Waals surface area (Å²) < 4.78 is 5.72. The van der Waals surface area contributed by atoms with Crippen molar-refractivity contribution in [3.8, 4) is 0 Å². The lowest BCUT2D eigenvalue weighted by atomic mass is 10.1. The Labute approximate surface area is 140 Å². The van der Waals surface area contributed by atoms with Crippen LogP contribution in [-0.2, 0) is 10.5 Å². The van der Waals surface area contributed by atoms with E-state index in [1.54, 1.807) is 25.3 Å². The first-order chi connectivity index (χ1) is 9.04. The molecule has 1 rings (SSSR count). The van der Waals surface area contributed by atoms with Gasteiger partial charge in [0.15, 0.2) is 0 Å². The van der Waals surface area contributed by atoms with Crippen molar-refractivity contribution >= 4 is 55.8 Å². The largest absolute Gasteiger partial charge is 0.383 e. The van der Waals surface area contributed by atoms with Gasteiger partial charge in [0.1, 0.15) is 0 Å². The van der Waals surface area contributed by atoms with E-state index in [1.807, 2.05) is 0 Å². The molecule has 0 saturated heterocycles. The fourth-order valence-electron chi connectivity index (χ4n) is 1.41. The van der Waals surface area contributed by atoms with Gasteiger partial charge in [0.2, 0.25) is 0 Å². The predicted molar refractivity (Wildman–Crippen MR) is 89.6 cm³/mol. The van der Waals surface area contributed by atoms with Crippen molar-refractivity contribution in [2.75, 3.05) is 20.3 Å². The maximum atomic E-state index is 12.0. The number of halogens is 2. The number of benzene rings is 1. The molecule has 0 aliphatic rings. The summed E-state index contributed by atoms with van der Waals surface area (Å²) in [6.07, 6.45) is 0. The van der Waals surface area contributed by atoms with Gasteiger partial charge in [-0.15, -0.1) is 17.0 Å². The molecule has 20 heavy (non-hydrogen) atoms. The van der Waals surface area contributed by atoms with Crippen molar-refractivity contribution in [1.29, 1.82) is 0 Å². The fraction of sp³-hybridized carbons (Fsp3) is 0.333. The number of nitrogens with two attached hydrogens (primary N) is 1. The summed E-state index contributed by atoms with van der Waals surface area (Å²) in [5.41, 5.74) is 6.39. The Morgan fingerprint density at radius 1 is 1.45 bits per heavy atom. The van der Waals surface area contributed by atoms with Crippen LogP contribution in [0.25, 0.3) is 0 Å². The number of nitrogens with one attached hydrogen (secondary N) is 1. The SMILES string of the molecule is Br.COCCNC(=O)c1ccc(Br)cc1CSC(N)=O. The number of ether oxygens (including phenoxy) is 1. The Balaban J connectivity index is 0.00000361. The topological polar surface area (TPSA) is 81.4 Å². The molecule has 0 radical (unpaired) electrons. The van der Waals surface area contributed by atoms with Gasteiger partial charge < -0.3 is 15.8 Å². The second kappa shape index (κ2) is 10.2. The molecule has 0 spiro atoms. The molecule has 1 aromatic rings. The number of rotatable bonds is 6. The summed E-state index contributed by atoms with van der Waals surface area (Å²) in [6, 6.07) is 5.30. The van der Waals surface area contributed by atoms with E-state index >= 15 is 0 Å². The number of hydrogen-bond acceptors (Lipinski definition) is 4. The Morgan fingerprint density at radius 3 is 2.75 bits per heavy atom. The third-order valence-corrected chi connectivity index (χ3v) is 3.51. The Bertz CT molecular complexity index is 472. The number of hydrogen-bond donors (Lipinski definition) is 2. The minimum absolute atomic E-state index is 0. The number of methoxy groups -OCH3 is 1. The second-order valence-electron chi connectivity index (χ2n) is 3.66. The highest BCUT2D eigenvalue weighted by atomic mass is 79.9. The fourth-order valence-corrected chi connectivity index (χ4v) is 2.36. The van der Waals surface area contributed by atoms with Crippen molar-refractivity contribution in [3.63, 3.8) is 0 Å². The molecule has 0 bridgehead atoms. The zero-order valence-electron chi connectivity index (χ0n) is 10.8. The quantitative estimate of drug-likeness (QED) is 0.683. The lowest BCUT2D eigenvalue weighted by Gasteiger charge is -2.10. The van der Waals surface area contributed by atoms with E-state index in [1.165, 1.54) is 0 Å². The highest BCUT2D eigenvalue weighted by Gasteiger charge is 2.12. The first-order valence-electron chi connectivity index (χ1n) is 5.52. The van der Waals surface area contributed by atoms with Crippen LogP contribution in [0.2, 0.25) is 0 Å². The van der Waals surface area contributed by atoms with Gasteiger partial charge in [-0.2, -0.15) is 0 Å². The van der Waals surface area contributed by atoms with Gasteiger partial charge in [-0.05, 0) is 23.8 Å². The molecule has 1 aromatic carbocycles. The summed E-state index contributed by atoms with van der Waals surface area (Å²) >= 11 is 4.31. The molecule has 0 atom stereocenters. The van der Waals surface area contributed by atoms with Gasteiger partial charge in [-0.3, -0.25) is 9.59 Å². The van der Waals surface area contributed by atoms with E-state index in [4.69, 9.17) is 10.5 Å². The molecule has 0 heterocycles. The van der Waals surface area contributed by atoms with E-state index in [-0.39, 0.29) is 22.9 Å². The maximum absolute atomic E-state index is 12.0. The summed E-state index contributed by atoms with van der Waals surface area (Å²) in [7, 11) is 1.57. The molecular weight excluding hydrogens is 412 g/mol. The van der Waals surface area contributed by atoms with Crippen molar-refractivity contribution in [2.45, 2.75) is 5.75 Å². The molecule has 0 aliphatic carbocycles. The zero-order valence-corrected chi connectivity index (χ0v) is 15.0. The van der Waals surface area contributed by atoms with Crippen molar-refractivity contribution < 1.29 is 14.3 Å². The highest BCUT2D eigenvalue weighted by molar-refractivity contribution is 9.10. The van der Waals surface area contributed by atoms with Gasteiger partial charge in [0.05, 0.1) is 6.61 Å². The first-order valence-corrected chi connectivity index (χ1v) is 7.30. The van der Waals surface area contributed by atoms with Crippen LogP contribution in [0.15, 0.2) is 22.7 Å². The molecule has 0 aromatic heterocycles. The van der Waals surface area contributed by atoms with Crippen LogP contribution >= 0.6 is 44.7 Å².